The molecular weight excluding hydrogens is 404 g/mol. The Kier molecular flexibility index (Phi) is 4.99. The van der Waals surface area contributed by atoms with Gasteiger partial charge in [0.2, 0.25) is 0 Å². The third-order valence-corrected chi connectivity index (χ3v) is 4.73. The van der Waals surface area contributed by atoms with Crippen molar-refractivity contribution in [1.29, 1.82) is 0 Å². The zero-order valence-corrected chi connectivity index (χ0v) is 16.2. The number of carboxylic acid groups (broad SMARTS) is 1. The number of amides is 2. The normalized spacial score (nSPS) is 15.4. The van der Waals surface area contributed by atoms with Gasteiger partial charge in [-0.25, -0.2) is 4.79 Å². The predicted octanol–water partition coefficient (Wildman–Crippen LogP) is 3.48. The minimum Gasteiger partial charge on any atom is -0.478 e. The molecule has 1 aliphatic rings. The molecule has 2 amide bonds. The molecule has 0 aliphatic carbocycles. The van der Waals surface area contributed by atoms with Crippen LogP contribution in [0.3, 0.4) is 0 Å². The molecule has 2 heterocycles. The van der Waals surface area contributed by atoms with Crippen molar-refractivity contribution in [3.05, 3.63) is 83.6 Å². The molecule has 148 valence electrons. The zero-order chi connectivity index (χ0) is 21.3. The van der Waals surface area contributed by atoms with E-state index in [0.717, 1.165) is 0 Å². The number of para-hydroxylation sites is 1. The maximum Gasteiger partial charge on any atom is 0.335 e. The summed E-state index contributed by atoms with van der Waals surface area (Å²) >= 11 is 5.16. The van der Waals surface area contributed by atoms with Gasteiger partial charge in [0, 0.05) is 5.56 Å². The van der Waals surface area contributed by atoms with E-state index in [9.17, 15) is 14.4 Å². The van der Waals surface area contributed by atoms with E-state index in [0.29, 0.717) is 22.8 Å². The molecule has 1 aromatic heterocycles. The number of aromatic carboxylic acids is 1. The summed E-state index contributed by atoms with van der Waals surface area (Å²) in [6, 6.07) is 18.2. The fraction of sp³-hybridized carbons (Fsp3) is 0. The number of furan rings is 1. The Bertz CT molecular complexity index is 1200. The Morgan fingerprint density at radius 1 is 1.00 bits per heavy atom. The second kappa shape index (κ2) is 7.76. The number of carbonyl (C=O) groups excluding carboxylic acids is 2. The molecule has 0 bridgehead atoms. The minimum atomic E-state index is -1.02. The molecule has 4 rings (SSSR count). The summed E-state index contributed by atoms with van der Waals surface area (Å²) in [5.41, 5.74) is 1.25. The molecule has 1 saturated heterocycles. The topological polar surface area (TPSA) is 99.9 Å². The second-order valence-electron chi connectivity index (χ2n) is 6.38. The van der Waals surface area contributed by atoms with Crippen molar-refractivity contribution in [3.8, 4) is 11.3 Å². The van der Waals surface area contributed by atoms with Crippen LogP contribution in [0.1, 0.15) is 16.1 Å². The van der Waals surface area contributed by atoms with Crippen LogP contribution in [-0.4, -0.2) is 28.0 Å². The SMILES string of the molecule is O=C1NC(=S)N(c2ccccc2)C(=O)C1=Cc1ccc(-c2ccc(C(=O)O)cc2)o1. The lowest BCUT2D eigenvalue weighted by molar-refractivity contribution is -0.122. The largest absolute Gasteiger partial charge is 0.478 e. The van der Waals surface area contributed by atoms with Gasteiger partial charge >= 0.3 is 5.97 Å². The number of anilines is 1. The fourth-order valence-electron chi connectivity index (χ4n) is 2.97. The first-order valence-electron chi connectivity index (χ1n) is 8.84. The van der Waals surface area contributed by atoms with Crippen molar-refractivity contribution >= 4 is 46.9 Å². The van der Waals surface area contributed by atoms with E-state index in [2.05, 4.69) is 5.32 Å². The monoisotopic (exact) mass is 418 g/mol. The average Bonchev–Trinajstić information content (AvgIpc) is 3.20. The van der Waals surface area contributed by atoms with E-state index in [4.69, 9.17) is 21.7 Å². The highest BCUT2D eigenvalue weighted by Crippen LogP contribution is 2.26. The number of carbonyl (C=O) groups is 3. The van der Waals surface area contributed by atoms with E-state index < -0.39 is 17.8 Å². The molecule has 0 saturated carbocycles. The van der Waals surface area contributed by atoms with Gasteiger partial charge in [0.1, 0.15) is 17.1 Å². The van der Waals surface area contributed by atoms with Crippen molar-refractivity contribution in [2.24, 2.45) is 0 Å². The second-order valence-corrected chi connectivity index (χ2v) is 6.76. The van der Waals surface area contributed by atoms with Crippen LogP contribution < -0.4 is 10.2 Å². The van der Waals surface area contributed by atoms with Gasteiger partial charge in [0.05, 0.1) is 11.3 Å². The van der Waals surface area contributed by atoms with E-state index in [1.165, 1.54) is 23.1 Å². The molecule has 1 aliphatic heterocycles. The lowest BCUT2D eigenvalue weighted by Crippen LogP contribution is -2.54. The lowest BCUT2D eigenvalue weighted by Gasteiger charge is -2.28. The molecule has 8 heteroatoms. The summed E-state index contributed by atoms with van der Waals surface area (Å²) in [5.74, 6) is -1.42. The fourth-order valence-corrected chi connectivity index (χ4v) is 3.25. The molecule has 2 aromatic carbocycles. The number of thiocarbonyl (C=S) groups is 1. The highest BCUT2D eigenvalue weighted by Gasteiger charge is 2.34. The van der Waals surface area contributed by atoms with Crippen LogP contribution in [0.25, 0.3) is 17.4 Å². The number of nitrogens with one attached hydrogen (secondary N) is 1. The Hall–Kier alpha value is -4.04. The third kappa shape index (κ3) is 3.63. The maximum atomic E-state index is 12.9. The minimum absolute atomic E-state index is 0.00649. The van der Waals surface area contributed by atoms with Gasteiger partial charge in [-0.15, -0.1) is 0 Å². The number of benzene rings is 2. The number of nitrogens with zero attached hydrogens (tertiary/aromatic N) is 1. The summed E-state index contributed by atoms with van der Waals surface area (Å²) < 4.78 is 5.73. The molecule has 0 spiro atoms. The molecule has 7 nitrogen and oxygen atoms in total. The molecular formula is C22H14N2O5S. The van der Waals surface area contributed by atoms with Crippen LogP contribution in [0.5, 0.6) is 0 Å². The molecule has 2 N–H and O–H groups in total. The summed E-state index contributed by atoms with van der Waals surface area (Å²) in [4.78, 5) is 37.5. The first kappa shape index (κ1) is 19.3. The smallest absolute Gasteiger partial charge is 0.335 e. The highest BCUT2D eigenvalue weighted by atomic mass is 32.1. The van der Waals surface area contributed by atoms with Gasteiger partial charge < -0.3 is 9.52 Å². The lowest BCUT2D eigenvalue weighted by atomic mass is 10.1. The van der Waals surface area contributed by atoms with E-state index in [-0.39, 0.29) is 16.2 Å². The molecule has 1 fully saturated rings. The molecule has 30 heavy (non-hydrogen) atoms. The summed E-state index contributed by atoms with van der Waals surface area (Å²) in [5, 5.41) is 11.5. The van der Waals surface area contributed by atoms with Crippen molar-refractivity contribution < 1.29 is 23.9 Å². The predicted molar refractivity (Wildman–Crippen MR) is 114 cm³/mol. The van der Waals surface area contributed by atoms with Gasteiger partial charge in [-0.05, 0) is 54.7 Å². The third-order valence-electron chi connectivity index (χ3n) is 4.45. The number of rotatable bonds is 4. The van der Waals surface area contributed by atoms with Gasteiger partial charge in [0.15, 0.2) is 5.11 Å². The summed E-state index contributed by atoms with van der Waals surface area (Å²) in [6.45, 7) is 0. The first-order valence-corrected chi connectivity index (χ1v) is 9.25. The molecule has 0 atom stereocenters. The zero-order valence-electron chi connectivity index (χ0n) is 15.4. The van der Waals surface area contributed by atoms with Crippen molar-refractivity contribution in [2.75, 3.05) is 4.90 Å². The van der Waals surface area contributed by atoms with Crippen LogP contribution in [-0.2, 0) is 9.59 Å². The van der Waals surface area contributed by atoms with Gasteiger partial charge in [-0.3, -0.25) is 19.8 Å². The Morgan fingerprint density at radius 3 is 2.37 bits per heavy atom. The van der Waals surface area contributed by atoms with Gasteiger partial charge in [-0.2, -0.15) is 0 Å². The van der Waals surface area contributed by atoms with Crippen molar-refractivity contribution in [3.63, 3.8) is 0 Å². The van der Waals surface area contributed by atoms with Crippen LogP contribution in [0.4, 0.5) is 5.69 Å². The quantitative estimate of drug-likeness (QED) is 0.382. The first-order chi connectivity index (χ1) is 14.4. The van der Waals surface area contributed by atoms with Gasteiger partial charge in [-0.1, -0.05) is 30.3 Å². The Morgan fingerprint density at radius 2 is 1.70 bits per heavy atom. The summed E-state index contributed by atoms with van der Waals surface area (Å²) in [6.07, 6.45) is 1.35. The average molecular weight is 418 g/mol. The van der Waals surface area contributed by atoms with Crippen LogP contribution >= 0.6 is 12.2 Å². The van der Waals surface area contributed by atoms with Crippen molar-refractivity contribution in [1.82, 2.24) is 5.32 Å². The molecule has 0 radical (unpaired) electrons. The standard InChI is InChI=1S/C22H14N2O5S/c25-19-17(20(26)24(22(30)23-19)15-4-2-1-3-5-15)12-16-10-11-18(29-16)13-6-8-14(9-7-13)21(27)28/h1-12H,(H,27,28)(H,23,25,30). The summed E-state index contributed by atoms with van der Waals surface area (Å²) in [7, 11) is 0. The van der Waals surface area contributed by atoms with Crippen LogP contribution in [0.2, 0.25) is 0 Å². The van der Waals surface area contributed by atoms with E-state index in [1.54, 1.807) is 48.5 Å². The Balaban J connectivity index is 1.64. The van der Waals surface area contributed by atoms with Crippen molar-refractivity contribution in [2.45, 2.75) is 0 Å². The van der Waals surface area contributed by atoms with Crippen LogP contribution in [0.15, 0.2) is 76.7 Å². The van der Waals surface area contributed by atoms with E-state index >= 15 is 0 Å². The van der Waals surface area contributed by atoms with Crippen LogP contribution in [0, 0.1) is 0 Å². The Labute approximate surface area is 176 Å². The number of hydrogen-bond donors (Lipinski definition) is 2. The molecule has 0 unspecified atom stereocenters. The van der Waals surface area contributed by atoms with E-state index in [1.807, 2.05) is 6.07 Å². The number of hydrogen-bond acceptors (Lipinski definition) is 5. The molecule has 3 aromatic rings. The highest BCUT2D eigenvalue weighted by molar-refractivity contribution is 7.80. The number of carboxylic acids is 1. The van der Waals surface area contributed by atoms with Gasteiger partial charge in [0.25, 0.3) is 11.8 Å². The maximum absolute atomic E-state index is 12.9.